The van der Waals surface area contributed by atoms with Crippen LogP contribution in [0.15, 0.2) is 82.4 Å². The number of piperazine rings is 1. The molecule has 13 heteroatoms. The van der Waals surface area contributed by atoms with Gasteiger partial charge in [0.15, 0.2) is 5.54 Å². The highest BCUT2D eigenvalue weighted by Gasteiger charge is 2.62. The lowest BCUT2D eigenvalue weighted by Crippen LogP contribution is -2.54. The number of carbonyl (C=O) groups excluding carboxylic acids is 1. The third-order valence-corrected chi connectivity index (χ3v) is 11.4. The molecule has 1 amide bonds. The number of amides is 1. The van der Waals surface area contributed by atoms with E-state index >= 15 is 4.79 Å². The average Bonchev–Trinajstić information content (AvgIpc) is 3.81. The molecule has 0 aliphatic carbocycles. The molecule has 3 aliphatic rings. The first-order valence-electron chi connectivity index (χ1n) is 15.5. The number of sulfonamides is 1. The van der Waals surface area contributed by atoms with Crippen molar-refractivity contribution in [2.24, 2.45) is 0 Å². The van der Waals surface area contributed by atoms with Gasteiger partial charge in [0.05, 0.1) is 29.9 Å². The summed E-state index contributed by atoms with van der Waals surface area (Å²) in [6.07, 6.45) is 4.37. The molecule has 7 rings (SSSR count). The van der Waals surface area contributed by atoms with Crippen molar-refractivity contribution in [3.63, 3.8) is 0 Å². The first kappa shape index (κ1) is 31.8. The molecule has 2 atom stereocenters. The molecule has 47 heavy (non-hydrogen) atoms. The Morgan fingerprint density at radius 2 is 1.79 bits per heavy atom. The summed E-state index contributed by atoms with van der Waals surface area (Å²) in [6.45, 7) is 4.74. The number of likely N-dealkylation sites (N-methyl/N-ethyl adjacent to an activating group) is 1. The molecule has 246 valence electrons. The molecule has 0 saturated carbocycles. The number of carbonyl (C=O) groups is 1. The zero-order chi connectivity index (χ0) is 32.9. The van der Waals surface area contributed by atoms with E-state index in [1.54, 1.807) is 24.4 Å². The summed E-state index contributed by atoms with van der Waals surface area (Å²) < 4.78 is 55.3. The number of likely N-dealkylation sites (tertiary alicyclic amines) is 1. The van der Waals surface area contributed by atoms with E-state index in [0.717, 1.165) is 60.3 Å². The maximum absolute atomic E-state index is 15.5. The van der Waals surface area contributed by atoms with E-state index in [2.05, 4.69) is 21.8 Å². The number of anilines is 1. The summed E-state index contributed by atoms with van der Waals surface area (Å²) in [7, 11) is -0.874. The number of aromatic nitrogens is 1. The average molecular weight is 680 g/mol. The van der Waals surface area contributed by atoms with Crippen LogP contribution in [-0.4, -0.2) is 80.9 Å². The monoisotopic (exact) mass is 679 g/mol. The minimum absolute atomic E-state index is 0.160. The second-order valence-corrected chi connectivity index (χ2v) is 14.5. The zero-order valence-electron chi connectivity index (χ0n) is 26.1. The van der Waals surface area contributed by atoms with Crippen LogP contribution in [0, 0.1) is 5.82 Å². The van der Waals surface area contributed by atoms with Crippen LogP contribution in [0.1, 0.15) is 41.5 Å². The van der Waals surface area contributed by atoms with Crippen molar-refractivity contribution < 1.29 is 26.8 Å². The van der Waals surface area contributed by atoms with E-state index in [-0.39, 0.29) is 10.6 Å². The van der Waals surface area contributed by atoms with Crippen LogP contribution < -0.4 is 9.04 Å². The minimum Gasteiger partial charge on any atom is -0.496 e. The van der Waals surface area contributed by atoms with Gasteiger partial charge in [0, 0.05) is 55.4 Å². The highest BCUT2D eigenvalue weighted by molar-refractivity contribution is 7.93. The van der Waals surface area contributed by atoms with Crippen molar-refractivity contribution >= 4 is 33.2 Å². The molecule has 1 unspecified atom stereocenters. The number of hydrogen-bond acceptors (Lipinski definition) is 9. The zero-order valence-corrected chi connectivity index (χ0v) is 27.7. The van der Waals surface area contributed by atoms with E-state index in [4.69, 9.17) is 20.8 Å². The molecule has 4 heterocycles. The van der Waals surface area contributed by atoms with Gasteiger partial charge in [0.1, 0.15) is 17.8 Å². The van der Waals surface area contributed by atoms with Gasteiger partial charge < -0.3 is 14.1 Å². The standard InChI is InChI=1S/C34H35ClFN5O5S/c1-38-15-17-39(18-16-38)22-23-5-12-31(45-2)28(20-23)34(40-14-3-4-30(40)32-37-13-19-46-32)27-21-24(35)6-11-29(27)41(33(34)42)47(43,44)26-9-7-25(36)8-10-26/h5-13,19-21,30H,3-4,14-18,22H2,1-2H3/t30-,34?/m0/s1. The SMILES string of the molecule is COc1ccc(CN2CCN(C)CC2)cc1C1(N2CCC[C@H]2c2ncco2)C(=O)N(S(=O)(=O)c2ccc(F)cc2)c2ccc(Cl)cc21. The molecular formula is C34H35ClFN5O5S. The van der Waals surface area contributed by atoms with Crippen molar-refractivity contribution in [3.8, 4) is 5.75 Å². The molecule has 1 aromatic heterocycles. The molecule has 0 spiro atoms. The van der Waals surface area contributed by atoms with Crippen LogP contribution >= 0.6 is 11.6 Å². The Hall–Kier alpha value is -3.81. The summed E-state index contributed by atoms with van der Waals surface area (Å²) in [5.74, 6) is -0.463. The summed E-state index contributed by atoms with van der Waals surface area (Å²) in [6, 6.07) is 14.5. The van der Waals surface area contributed by atoms with Gasteiger partial charge in [0.2, 0.25) is 5.89 Å². The lowest BCUT2D eigenvalue weighted by Gasteiger charge is -2.41. The Labute approximate surface area is 278 Å². The quantitative estimate of drug-likeness (QED) is 0.254. The van der Waals surface area contributed by atoms with Crippen molar-refractivity contribution in [1.82, 2.24) is 19.7 Å². The predicted octanol–water partition coefficient (Wildman–Crippen LogP) is 5.04. The van der Waals surface area contributed by atoms with Crippen molar-refractivity contribution in [1.29, 1.82) is 0 Å². The van der Waals surface area contributed by atoms with Gasteiger partial charge in [-0.2, -0.15) is 0 Å². The van der Waals surface area contributed by atoms with E-state index in [1.165, 1.54) is 13.4 Å². The van der Waals surface area contributed by atoms with Crippen molar-refractivity contribution in [2.75, 3.05) is 51.2 Å². The molecule has 3 aromatic carbocycles. The Morgan fingerprint density at radius 1 is 1.02 bits per heavy atom. The van der Waals surface area contributed by atoms with Crippen LogP contribution in [0.25, 0.3) is 0 Å². The molecular weight excluding hydrogens is 645 g/mol. The first-order valence-corrected chi connectivity index (χ1v) is 17.4. The lowest BCUT2D eigenvalue weighted by molar-refractivity contribution is -0.127. The number of oxazole rings is 1. The lowest BCUT2D eigenvalue weighted by atomic mass is 9.80. The Kier molecular flexibility index (Phi) is 8.34. The molecule has 10 nitrogen and oxygen atoms in total. The fourth-order valence-corrected chi connectivity index (χ4v) is 8.85. The van der Waals surface area contributed by atoms with Gasteiger partial charge in [-0.3, -0.25) is 14.6 Å². The van der Waals surface area contributed by atoms with Crippen LogP contribution in [0.2, 0.25) is 5.02 Å². The summed E-state index contributed by atoms with van der Waals surface area (Å²) in [4.78, 5) is 26.3. The summed E-state index contributed by atoms with van der Waals surface area (Å²) >= 11 is 6.66. The normalized spacial score (nSPS) is 22.6. The highest BCUT2D eigenvalue weighted by Crippen LogP contribution is 2.56. The Balaban J connectivity index is 1.47. The van der Waals surface area contributed by atoms with Crippen LogP contribution in [0.4, 0.5) is 10.1 Å². The number of methoxy groups -OCH3 is 1. The van der Waals surface area contributed by atoms with Gasteiger partial charge in [-0.25, -0.2) is 22.1 Å². The van der Waals surface area contributed by atoms with E-state index in [9.17, 15) is 12.8 Å². The van der Waals surface area contributed by atoms with Gasteiger partial charge >= 0.3 is 0 Å². The molecule has 0 radical (unpaired) electrons. The van der Waals surface area contributed by atoms with Gasteiger partial charge in [-0.1, -0.05) is 17.7 Å². The molecule has 4 aromatic rings. The number of nitrogens with zero attached hydrogens (tertiary/aromatic N) is 5. The maximum Gasteiger partial charge on any atom is 0.271 e. The minimum atomic E-state index is -4.51. The Morgan fingerprint density at radius 3 is 2.49 bits per heavy atom. The number of fused-ring (bicyclic) bond motifs is 1. The number of rotatable bonds is 8. The van der Waals surface area contributed by atoms with Crippen molar-refractivity contribution in [2.45, 2.75) is 35.9 Å². The van der Waals surface area contributed by atoms with E-state index < -0.39 is 33.3 Å². The second kappa shape index (κ2) is 12.3. The first-order chi connectivity index (χ1) is 22.6. The number of ether oxygens (including phenoxy) is 1. The number of halogens is 2. The van der Waals surface area contributed by atoms with Crippen LogP contribution in [0.5, 0.6) is 5.75 Å². The molecule has 3 aliphatic heterocycles. The predicted molar refractivity (Wildman–Crippen MR) is 174 cm³/mol. The van der Waals surface area contributed by atoms with E-state index in [1.807, 2.05) is 23.1 Å². The largest absolute Gasteiger partial charge is 0.496 e. The van der Waals surface area contributed by atoms with Gasteiger partial charge in [-0.05, 0) is 80.1 Å². The Bertz CT molecular complexity index is 1900. The number of hydrogen-bond donors (Lipinski definition) is 0. The van der Waals surface area contributed by atoms with Gasteiger partial charge in [0.25, 0.3) is 15.9 Å². The van der Waals surface area contributed by atoms with Crippen LogP contribution in [-0.2, 0) is 26.9 Å². The summed E-state index contributed by atoms with van der Waals surface area (Å²) in [5.41, 5.74) is 0.303. The molecule has 0 bridgehead atoms. The number of benzene rings is 3. The fraction of sp³-hybridized carbons (Fsp3) is 0.353. The van der Waals surface area contributed by atoms with Gasteiger partial charge in [-0.15, -0.1) is 0 Å². The molecule has 2 saturated heterocycles. The molecule has 2 fully saturated rings. The second-order valence-electron chi connectivity index (χ2n) is 12.2. The summed E-state index contributed by atoms with van der Waals surface area (Å²) in [5, 5.41) is 0.335. The van der Waals surface area contributed by atoms with Crippen molar-refractivity contribution in [3.05, 3.63) is 107 Å². The van der Waals surface area contributed by atoms with E-state index in [0.29, 0.717) is 53.7 Å². The fourth-order valence-electron chi connectivity index (χ4n) is 7.21. The molecule has 0 N–H and O–H groups in total. The maximum atomic E-state index is 15.5. The third kappa shape index (κ3) is 5.32. The third-order valence-electron chi connectivity index (χ3n) is 9.49. The smallest absolute Gasteiger partial charge is 0.271 e. The topological polar surface area (TPSA) is 99.4 Å². The van der Waals surface area contributed by atoms with Crippen LogP contribution in [0.3, 0.4) is 0 Å². The highest BCUT2D eigenvalue weighted by atomic mass is 35.5.